The number of benzene rings is 1. The van der Waals surface area contributed by atoms with Crippen molar-refractivity contribution in [2.75, 3.05) is 6.54 Å². The molecule has 0 unspecified atom stereocenters. The number of primary sulfonamides is 1. The van der Waals surface area contributed by atoms with E-state index < -0.39 is 10.0 Å². The predicted octanol–water partition coefficient (Wildman–Crippen LogP) is 0.144. The molecule has 0 aliphatic carbocycles. The fourth-order valence-electron chi connectivity index (χ4n) is 1.34. The highest BCUT2D eigenvalue weighted by Crippen LogP contribution is 2.16. The first-order valence-electron chi connectivity index (χ1n) is 4.27. The second-order valence-corrected chi connectivity index (χ2v) is 4.72. The molecule has 0 aliphatic rings. The first-order chi connectivity index (χ1) is 6.45. The van der Waals surface area contributed by atoms with E-state index in [9.17, 15) is 8.42 Å². The van der Waals surface area contributed by atoms with Gasteiger partial charge in [-0.25, -0.2) is 13.6 Å². The van der Waals surface area contributed by atoms with Crippen LogP contribution in [0.5, 0.6) is 0 Å². The van der Waals surface area contributed by atoms with Crippen LogP contribution < -0.4 is 10.9 Å². The second kappa shape index (κ2) is 4.08. The van der Waals surface area contributed by atoms with Gasteiger partial charge in [0, 0.05) is 0 Å². The minimum absolute atomic E-state index is 0.175. The van der Waals surface area contributed by atoms with Crippen LogP contribution in [0.2, 0.25) is 0 Å². The Bertz CT molecular complexity index is 426. The number of aryl methyl sites for hydroxylation is 1. The van der Waals surface area contributed by atoms with Crippen molar-refractivity contribution in [2.45, 2.75) is 18.2 Å². The Balaban J connectivity index is 3.29. The monoisotopic (exact) mass is 214 g/mol. The van der Waals surface area contributed by atoms with E-state index in [1.165, 1.54) is 6.07 Å². The third-order valence-electron chi connectivity index (χ3n) is 1.94. The van der Waals surface area contributed by atoms with Crippen LogP contribution in [0.4, 0.5) is 0 Å². The largest absolute Gasteiger partial charge is 0.330 e. The molecule has 0 atom stereocenters. The van der Waals surface area contributed by atoms with Gasteiger partial charge in [0.25, 0.3) is 0 Å². The Labute approximate surface area is 84.0 Å². The molecule has 0 saturated carbocycles. The first kappa shape index (κ1) is 11.2. The predicted molar refractivity (Wildman–Crippen MR) is 55.3 cm³/mol. The highest BCUT2D eigenvalue weighted by molar-refractivity contribution is 7.89. The van der Waals surface area contributed by atoms with Crippen molar-refractivity contribution in [2.24, 2.45) is 10.9 Å². The lowest BCUT2D eigenvalue weighted by Gasteiger charge is -2.07. The van der Waals surface area contributed by atoms with Gasteiger partial charge < -0.3 is 5.73 Å². The second-order valence-electron chi connectivity index (χ2n) is 3.19. The van der Waals surface area contributed by atoms with Crippen molar-refractivity contribution in [3.8, 4) is 0 Å². The van der Waals surface area contributed by atoms with Gasteiger partial charge in [0.15, 0.2) is 0 Å². The van der Waals surface area contributed by atoms with Crippen molar-refractivity contribution in [1.82, 2.24) is 0 Å². The molecule has 1 aromatic rings. The smallest absolute Gasteiger partial charge is 0.238 e. The average Bonchev–Trinajstić information content (AvgIpc) is 2.02. The third kappa shape index (κ3) is 2.54. The molecule has 0 aliphatic heterocycles. The zero-order valence-corrected chi connectivity index (χ0v) is 8.84. The highest BCUT2D eigenvalue weighted by Gasteiger charge is 2.12. The average molecular weight is 214 g/mol. The zero-order chi connectivity index (χ0) is 10.8. The quantitative estimate of drug-likeness (QED) is 0.750. The molecular formula is C9H14N2O2S. The zero-order valence-electron chi connectivity index (χ0n) is 8.03. The SMILES string of the molecule is Cc1ccc(S(N)(=O)=O)c(CCN)c1. The lowest BCUT2D eigenvalue weighted by Crippen LogP contribution is -2.16. The van der Waals surface area contributed by atoms with Crippen molar-refractivity contribution in [1.29, 1.82) is 0 Å². The van der Waals surface area contributed by atoms with Crippen LogP contribution >= 0.6 is 0 Å². The molecule has 0 heterocycles. The van der Waals surface area contributed by atoms with Gasteiger partial charge in [0.05, 0.1) is 4.90 Å². The summed E-state index contributed by atoms with van der Waals surface area (Å²) in [5.74, 6) is 0. The Kier molecular flexibility index (Phi) is 3.25. The molecule has 78 valence electrons. The molecule has 0 fully saturated rings. The Morgan fingerprint density at radius 3 is 2.50 bits per heavy atom. The van der Waals surface area contributed by atoms with Gasteiger partial charge >= 0.3 is 0 Å². The molecule has 0 spiro atoms. The van der Waals surface area contributed by atoms with E-state index in [2.05, 4.69) is 0 Å². The molecule has 0 aromatic heterocycles. The summed E-state index contributed by atoms with van der Waals surface area (Å²) in [6, 6.07) is 5.04. The summed E-state index contributed by atoms with van der Waals surface area (Å²) >= 11 is 0. The molecule has 1 aromatic carbocycles. The van der Waals surface area contributed by atoms with Crippen molar-refractivity contribution in [3.63, 3.8) is 0 Å². The fraction of sp³-hybridized carbons (Fsp3) is 0.333. The van der Waals surface area contributed by atoms with Crippen molar-refractivity contribution in [3.05, 3.63) is 29.3 Å². The number of rotatable bonds is 3. The lowest BCUT2D eigenvalue weighted by atomic mass is 10.1. The van der Waals surface area contributed by atoms with Gasteiger partial charge in [-0.2, -0.15) is 0 Å². The normalized spacial score (nSPS) is 11.6. The molecular weight excluding hydrogens is 200 g/mol. The van der Waals surface area contributed by atoms with E-state index in [0.29, 0.717) is 18.5 Å². The van der Waals surface area contributed by atoms with Gasteiger partial charge in [-0.1, -0.05) is 17.7 Å². The standard InChI is InChI=1S/C9H14N2O2S/c1-7-2-3-9(14(11,12)13)8(6-7)4-5-10/h2-3,6H,4-5,10H2,1H3,(H2,11,12,13). The summed E-state index contributed by atoms with van der Waals surface area (Å²) in [6.07, 6.45) is 0.521. The maximum Gasteiger partial charge on any atom is 0.238 e. The van der Waals surface area contributed by atoms with Crippen LogP contribution in [-0.4, -0.2) is 15.0 Å². The van der Waals surface area contributed by atoms with Crippen LogP contribution in [0.3, 0.4) is 0 Å². The topological polar surface area (TPSA) is 86.2 Å². The van der Waals surface area contributed by atoms with Crippen LogP contribution in [0.15, 0.2) is 23.1 Å². The summed E-state index contributed by atoms with van der Waals surface area (Å²) in [4.78, 5) is 0.175. The summed E-state index contributed by atoms with van der Waals surface area (Å²) < 4.78 is 22.4. The number of hydrogen-bond donors (Lipinski definition) is 2. The van der Waals surface area contributed by atoms with E-state index in [4.69, 9.17) is 10.9 Å². The molecule has 4 nitrogen and oxygen atoms in total. The van der Waals surface area contributed by atoms with Gasteiger partial charge in [-0.15, -0.1) is 0 Å². The molecule has 0 bridgehead atoms. The highest BCUT2D eigenvalue weighted by atomic mass is 32.2. The molecule has 0 amide bonds. The lowest BCUT2D eigenvalue weighted by molar-refractivity contribution is 0.596. The first-order valence-corrected chi connectivity index (χ1v) is 5.82. The Hall–Kier alpha value is -0.910. The summed E-state index contributed by atoms with van der Waals surface area (Å²) in [5.41, 5.74) is 7.08. The minimum atomic E-state index is -3.63. The maximum absolute atomic E-state index is 11.2. The molecule has 5 heteroatoms. The van der Waals surface area contributed by atoms with E-state index in [1.54, 1.807) is 12.1 Å². The minimum Gasteiger partial charge on any atom is -0.330 e. The van der Waals surface area contributed by atoms with Gasteiger partial charge in [-0.3, -0.25) is 0 Å². The summed E-state index contributed by atoms with van der Waals surface area (Å²) in [7, 11) is -3.63. The molecule has 0 saturated heterocycles. The van der Waals surface area contributed by atoms with Gasteiger partial charge in [0.1, 0.15) is 0 Å². The number of sulfonamides is 1. The van der Waals surface area contributed by atoms with Gasteiger partial charge in [0.2, 0.25) is 10.0 Å². The molecule has 4 N–H and O–H groups in total. The van der Waals surface area contributed by atoms with Crippen LogP contribution in [0.1, 0.15) is 11.1 Å². The molecule has 14 heavy (non-hydrogen) atoms. The number of nitrogens with two attached hydrogens (primary N) is 2. The summed E-state index contributed by atoms with van der Waals surface area (Å²) in [5, 5.41) is 5.07. The van der Waals surface area contributed by atoms with Crippen molar-refractivity contribution >= 4 is 10.0 Å². The Morgan fingerprint density at radius 2 is 2.00 bits per heavy atom. The van der Waals surface area contributed by atoms with E-state index in [1.807, 2.05) is 6.92 Å². The van der Waals surface area contributed by atoms with Crippen molar-refractivity contribution < 1.29 is 8.42 Å². The summed E-state index contributed by atoms with van der Waals surface area (Å²) in [6.45, 7) is 2.30. The van der Waals surface area contributed by atoms with E-state index in [-0.39, 0.29) is 4.90 Å². The van der Waals surface area contributed by atoms with Crippen LogP contribution in [0, 0.1) is 6.92 Å². The van der Waals surface area contributed by atoms with Crippen LogP contribution in [-0.2, 0) is 16.4 Å². The third-order valence-corrected chi connectivity index (χ3v) is 2.95. The fourth-order valence-corrected chi connectivity index (χ4v) is 2.12. The maximum atomic E-state index is 11.2. The van der Waals surface area contributed by atoms with Gasteiger partial charge in [-0.05, 0) is 31.5 Å². The Morgan fingerprint density at radius 1 is 1.36 bits per heavy atom. The number of hydrogen-bond acceptors (Lipinski definition) is 3. The molecule has 0 radical (unpaired) electrons. The van der Waals surface area contributed by atoms with Crippen LogP contribution in [0.25, 0.3) is 0 Å². The van der Waals surface area contributed by atoms with E-state index >= 15 is 0 Å². The van der Waals surface area contributed by atoms with E-state index in [0.717, 1.165) is 5.56 Å². The molecule has 1 rings (SSSR count).